The molecule has 0 aliphatic heterocycles. The molecule has 6 heteroatoms. The summed E-state index contributed by atoms with van der Waals surface area (Å²) in [5.41, 5.74) is 3.29. The van der Waals surface area contributed by atoms with Crippen LogP contribution in [-0.4, -0.2) is 19.0 Å². The Kier molecular flexibility index (Phi) is 4.63. The van der Waals surface area contributed by atoms with Gasteiger partial charge >= 0.3 is 0 Å². The van der Waals surface area contributed by atoms with Gasteiger partial charge in [0.05, 0.1) is 16.3 Å². The molecule has 0 saturated carbocycles. The van der Waals surface area contributed by atoms with Crippen molar-refractivity contribution in [2.24, 2.45) is 10.2 Å². The highest BCUT2D eigenvalue weighted by atomic mass is 16.6. The molecule has 0 heterocycles. The van der Waals surface area contributed by atoms with Crippen molar-refractivity contribution < 1.29 is 4.92 Å². The van der Waals surface area contributed by atoms with Gasteiger partial charge < -0.3 is 4.90 Å². The summed E-state index contributed by atoms with van der Waals surface area (Å²) in [6.45, 7) is 3.80. The Balaban J connectivity index is 2.22. The lowest BCUT2D eigenvalue weighted by molar-refractivity contribution is -0.384. The lowest BCUT2D eigenvalue weighted by Gasteiger charge is -2.15. The van der Waals surface area contributed by atoms with E-state index in [0.717, 1.165) is 11.3 Å². The number of hydrogen-bond donors (Lipinski definition) is 0. The third kappa shape index (κ3) is 3.54. The third-order valence-corrected chi connectivity index (χ3v) is 3.05. The monoisotopic (exact) mass is 296 g/mol. The molecule has 0 spiro atoms. The van der Waals surface area contributed by atoms with Crippen LogP contribution in [0.25, 0.3) is 6.08 Å². The Labute approximate surface area is 128 Å². The van der Waals surface area contributed by atoms with Gasteiger partial charge in [0, 0.05) is 31.9 Å². The number of benzene rings is 2. The minimum atomic E-state index is -0.447. The summed E-state index contributed by atoms with van der Waals surface area (Å²) in [7, 11) is 3.92. The Hall–Kier alpha value is -3.02. The molecule has 0 N–H and O–H groups in total. The highest BCUT2D eigenvalue weighted by molar-refractivity contribution is 5.70. The standard InChI is InChI=1S/C16H16N4O2/c1-4-12-11-14(7-10-16(12)19(2)3)18-17-13-5-8-15(9-6-13)20(21)22/h4-11H,1H2,2-3H3. The maximum Gasteiger partial charge on any atom is 0.269 e. The smallest absolute Gasteiger partial charge is 0.269 e. The van der Waals surface area contributed by atoms with Crippen LogP contribution in [-0.2, 0) is 0 Å². The minimum absolute atomic E-state index is 0.0308. The largest absolute Gasteiger partial charge is 0.377 e. The van der Waals surface area contributed by atoms with Crippen molar-refractivity contribution in [3.8, 4) is 0 Å². The maximum atomic E-state index is 10.6. The first-order valence-corrected chi connectivity index (χ1v) is 6.61. The number of anilines is 1. The van der Waals surface area contributed by atoms with Crippen LogP contribution in [0, 0.1) is 10.1 Å². The van der Waals surface area contributed by atoms with Crippen LogP contribution in [0.2, 0.25) is 0 Å². The predicted octanol–water partition coefficient (Wildman–Crippen LogP) is 4.72. The average molecular weight is 296 g/mol. The van der Waals surface area contributed by atoms with Crippen molar-refractivity contribution >= 4 is 28.8 Å². The highest BCUT2D eigenvalue weighted by Gasteiger charge is 2.04. The van der Waals surface area contributed by atoms with E-state index in [2.05, 4.69) is 16.8 Å². The quantitative estimate of drug-likeness (QED) is 0.455. The van der Waals surface area contributed by atoms with Gasteiger partial charge in [0.2, 0.25) is 0 Å². The molecule has 0 aliphatic carbocycles. The Bertz CT molecular complexity index is 721. The molecule has 0 fully saturated rings. The van der Waals surface area contributed by atoms with Crippen LogP contribution in [0.15, 0.2) is 59.3 Å². The van der Waals surface area contributed by atoms with Crippen LogP contribution in [0.4, 0.5) is 22.7 Å². The Morgan fingerprint density at radius 1 is 1.09 bits per heavy atom. The van der Waals surface area contributed by atoms with Gasteiger partial charge in [-0.25, -0.2) is 0 Å². The van der Waals surface area contributed by atoms with Gasteiger partial charge in [-0.15, -0.1) is 0 Å². The lowest BCUT2D eigenvalue weighted by Crippen LogP contribution is -2.09. The summed E-state index contributed by atoms with van der Waals surface area (Å²) >= 11 is 0. The first-order valence-electron chi connectivity index (χ1n) is 6.61. The van der Waals surface area contributed by atoms with Crippen LogP contribution in [0.5, 0.6) is 0 Å². The van der Waals surface area contributed by atoms with Crippen molar-refractivity contribution in [2.45, 2.75) is 0 Å². The van der Waals surface area contributed by atoms with Gasteiger partial charge in [-0.05, 0) is 35.9 Å². The molecule has 0 radical (unpaired) electrons. The van der Waals surface area contributed by atoms with E-state index in [4.69, 9.17) is 0 Å². The topological polar surface area (TPSA) is 71.1 Å². The number of hydrogen-bond acceptors (Lipinski definition) is 5. The molecule has 112 valence electrons. The summed E-state index contributed by atoms with van der Waals surface area (Å²) in [6, 6.07) is 11.6. The molecule has 2 rings (SSSR count). The van der Waals surface area contributed by atoms with Crippen LogP contribution >= 0.6 is 0 Å². The molecule has 0 aromatic heterocycles. The van der Waals surface area contributed by atoms with E-state index in [1.54, 1.807) is 18.2 Å². The Morgan fingerprint density at radius 3 is 2.23 bits per heavy atom. The predicted molar refractivity (Wildman–Crippen MR) is 88.1 cm³/mol. The van der Waals surface area contributed by atoms with Crippen LogP contribution in [0.1, 0.15) is 5.56 Å². The summed E-state index contributed by atoms with van der Waals surface area (Å²) in [5, 5.41) is 18.8. The number of azo groups is 1. The van der Waals surface area contributed by atoms with E-state index >= 15 is 0 Å². The number of nitro benzene ring substituents is 1. The van der Waals surface area contributed by atoms with Crippen LogP contribution < -0.4 is 4.90 Å². The fourth-order valence-electron chi connectivity index (χ4n) is 1.93. The molecular formula is C16H16N4O2. The van der Waals surface area contributed by atoms with Crippen molar-refractivity contribution in [3.05, 3.63) is 64.7 Å². The van der Waals surface area contributed by atoms with Crippen molar-refractivity contribution in [1.82, 2.24) is 0 Å². The van der Waals surface area contributed by atoms with Gasteiger partial charge in [-0.1, -0.05) is 12.7 Å². The molecule has 2 aromatic carbocycles. The molecule has 22 heavy (non-hydrogen) atoms. The van der Waals surface area contributed by atoms with E-state index in [-0.39, 0.29) is 5.69 Å². The summed E-state index contributed by atoms with van der Waals surface area (Å²) in [5.74, 6) is 0. The van der Waals surface area contributed by atoms with E-state index in [9.17, 15) is 10.1 Å². The minimum Gasteiger partial charge on any atom is -0.377 e. The summed E-state index contributed by atoms with van der Waals surface area (Å²) < 4.78 is 0. The average Bonchev–Trinajstić information content (AvgIpc) is 2.52. The first kappa shape index (κ1) is 15.4. The molecule has 0 atom stereocenters. The van der Waals surface area contributed by atoms with Gasteiger partial charge in [-0.2, -0.15) is 10.2 Å². The fourth-order valence-corrected chi connectivity index (χ4v) is 1.93. The molecule has 0 unspecified atom stereocenters. The molecule has 6 nitrogen and oxygen atoms in total. The molecule has 2 aromatic rings. The summed E-state index contributed by atoms with van der Waals surface area (Å²) in [6.07, 6.45) is 1.76. The zero-order chi connectivity index (χ0) is 16.1. The third-order valence-electron chi connectivity index (χ3n) is 3.05. The summed E-state index contributed by atoms with van der Waals surface area (Å²) in [4.78, 5) is 12.1. The Morgan fingerprint density at radius 2 is 1.68 bits per heavy atom. The van der Waals surface area contributed by atoms with Gasteiger partial charge in [-0.3, -0.25) is 10.1 Å². The second kappa shape index (κ2) is 6.62. The second-order valence-electron chi connectivity index (χ2n) is 4.82. The number of nitro groups is 1. The van der Waals surface area contributed by atoms with Crippen molar-refractivity contribution in [1.29, 1.82) is 0 Å². The van der Waals surface area contributed by atoms with Gasteiger partial charge in [0.1, 0.15) is 0 Å². The molecule has 0 bridgehead atoms. The number of nitrogens with zero attached hydrogens (tertiary/aromatic N) is 4. The van der Waals surface area contributed by atoms with Gasteiger partial charge in [0.15, 0.2) is 0 Å². The second-order valence-corrected chi connectivity index (χ2v) is 4.82. The maximum absolute atomic E-state index is 10.6. The first-order chi connectivity index (χ1) is 10.5. The highest BCUT2D eigenvalue weighted by Crippen LogP contribution is 2.27. The van der Waals surface area contributed by atoms with E-state index in [1.807, 2.05) is 37.2 Å². The fraction of sp³-hybridized carbons (Fsp3) is 0.125. The van der Waals surface area contributed by atoms with Gasteiger partial charge in [0.25, 0.3) is 5.69 Å². The van der Waals surface area contributed by atoms with Crippen molar-refractivity contribution in [3.63, 3.8) is 0 Å². The SMILES string of the molecule is C=Cc1cc(N=Nc2ccc([N+](=O)[O-])cc2)ccc1N(C)C. The molecule has 0 aliphatic rings. The lowest BCUT2D eigenvalue weighted by atomic mass is 10.1. The molecule has 0 saturated heterocycles. The number of non-ortho nitro benzene ring substituents is 1. The zero-order valence-electron chi connectivity index (χ0n) is 12.4. The van der Waals surface area contributed by atoms with E-state index in [1.165, 1.54) is 12.1 Å². The van der Waals surface area contributed by atoms with Crippen LogP contribution in [0.3, 0.4) is 0 Å². The van der Waals surface area contributed by atoms with E-state index in [0.29, 0.717) is 11.4 Å². The number of rotatable bonds is 5. The molecule has 0 amide bonds. The normalized spacial score (nSPS) is 10.6. The zero-order valence-corrected chi connectivity index (χ0v) is 12.4. The van der Waals surface area contributed by atoms with E-state index < -0.39 is 4.92 Å². The van der Waals surface area contributed by atoms with Crippen molar-refractivity contribution in [2.75, 3.05) is 19.0 Å². The molecular weight excluding hydrogens is 280 g/mol.